The minimum atomic E-state index is -0.803. The van der Waals surface area contributed by atoms with Crippen molar-refractivity contribution in [2.45, 2.75) is 49.1 Å². The van der Waals surface area contributed by atoms with E-state index in [4.69, 9.17) is 37.9 Å². The molecule has 2 N–H and O–H groups in total. The molecule has 13 heteroatoms. The Bertz CT molecular complexity index is 1530. The fraction of sp³-hybridized carbons (Fsp3) is 0.550. The van der Waals surface area contributed by atoms with E-state index in [0.717, 1.165) is 82.0 Å². The first-order chi connectivity index (χ1) is 26.0. The first kappa shape index (κ1) is 36.2. The molecule has 0 radical (unpaired) electrons. The molecule has 0 saturated carbocycles. The van der Waals surface area contributed by atoms with Crippen molar-refractivity contribution in [3.05, 3.63) is 72.8 Å². The Morgan fingerprint density at radius 1 is 0.472 bits per heavy atom. The van der Waals surface area contributed by atoms with Crippen molar-refractivity contribution >= 4 is 17.1 Å². The van der Waals surface area contributed by atoms with E-state index < -0.39 is 12.2 Å². The van der Waals surface area contributed by atoms with Crippen LogP contribution in [0.1, 0.15) is 6.42 Å². The minimum absolute atomic E-state index is 0.0954. The summed E-state index contributed by atoms with van der Waals surface area (Å²) in [5.74, 6) is 2.11. The number of hydrogen-bond acceptors (Lipinski definition) is 13. The molecule has 8 rings (SSSR count). The third kappa shape index (κ3) is 11.8. The molecular weight excluding hydrogens is 682 g/mol. The summed E-state index contributed by atoms with van der Waals surface area (Å²) in [6.45, 7) is 9.18. The van der Waals surface area contributed by atoms with Gasteiger partial charge in [-0.15, -0.1) is 0 Å². The predicted molar refractivity (Wildman–Crippen MR) is 198 cm³/mol. The van der Waals surface area contributed by atoms with Gasteiger partial charge in [-0.25, -0.2) is 0 Å². The zero-order valence-corrected chi connectivity index (χ0v) is 30.1. The van der Waals surface area contributed by atoms with Crippen LogP contribution in [0.25, 0.3) is 0 Å². The van der Waals surface area contributed by atoms with Crippen molar-refractivity contribution < 1.29 is 48.1 Å². The van der Waals surface area contributed by atoms with Gasteiger partial charge in [0.15, 0.2) is 0 Å². The molecule has 5 heterocycles. The number of ether oxygens (including phenoxy) is 8. The van der Waals surface area contributed by atoms with E-state index in [0.29, 0.717) is 62.0 Å². The van der Waals surface area contributed by atoms with E-state index in [1.807, 2.05) is 60.7 Å². The average Bonchev–Trinajstić information content (AvgIpc) is 3.96. The molecule has 7 unspecified atom stereocenters. The lowest BCUT2D eigenvalue weighted by atomic mass is 10.2. The first-order valence-electron chi connectivity index (χ1n) is 18.9. The van der Waals surface area contributed by atoms with Gasteiger partial charge in [0.2, 0.25) is 0 Å². The second-order valence-corrected chi connectivity index (χ2v) is 14.5. The molecule has 5 aliphatic heterocycles. The maximum atomic E-state index is 11.0. The summed E-state index contributed by atoms with van der Waals surface area (Å²) in [5.41, 5.74) is 3.19. The Morgan fingerprint density at radius 3 is 1.15 bits per heavy atom. The first-order valence-corrected chi connectivity index (χ1v) is 18.9. The second kappa shape index (κ2) is 17.1. The molecule has 0 aromatic heterocycles. The number of aliphatic hydroxyl groups excluding tert-OH is 2. The Labute approximate surface area is 310 Å². The van der Waals surface area contributed by atoms with Crippen molar-refractivity contribution in [1.29, 1.82) is 0 Å². The Morgan fingerprint density at radius 2 is 0.792 bits per heavy atom. The van der Waals surface area contributed by atoms with Gasteiger partial charge in [0.05, 0.1) is 76.3 Å². The lowest BCUT2D eigenvalue weighted by molar-refractivity contribution is 0.0626. The zero-order valence-electron chi connectivity index (χ0n) is 30.1. The fourth-order valence-corrected chi connectivity index (χ4v) is 6.30. The van der Waals surface area contributed by atoms with Crippen molar-refractivity contribution in [2.75, 3.05) is 107 Å². The summed E-state index contributed by atoms with van der Waals surface area (Å²) >= 11 is 0. The Kier molecular flexibility index (Phi) is 11.7. The predicted octanol–water partition coefficient (Wildman–Crippen LogP) is 2.75. The monoisotopic (exact) mass is 733 g/mol. The van der Waals surface area contributed by atoms with E-state index >= 15 is 0 Å². The number of hydrogen-bond donors (Lipinski definition) is 2. The summed E-state index contributed by atoms with van der Waals surface area (Å²) in [6.07, 6.45) is 0.465. The third-order valence-corrected chi connectivity index (χ3v) is 9.77. The molecule has 5 saturated heterocycles. The van der Waals surface area contributed by atoms with Crippen molar-refractivity contribution in [2.24, 2.45) is 0 Å². The number of epoxide rings is 5. The van der Waals surface area contributed by atoms with Crippen LogP contribution in [0.4, 0.5) is 17.1 Å². The lowest BCUT2D eigenvalue weighted by Gasteiger charge is -2.27. The van der Waals surface area contributed by atoms with Gasteiger partial charge in [0, 0.05) is 62.8 Å². The summed E-state index contributed by atoms with van der Waals surface area (Å²) in [4.78, 5) is 6.74. The normalized spacial score (nSPS) is 24.5. The highest BCUT2D eigenvalue weighted by Crippen LogP contribution is 2.27. The van der Waals surface area contributed by atoms with Crippen LogP contribution in [-0.2, 0) is 23.7 Å². The minimum Gasteiger partial charge on any atom is -0.493 e. The van der Waals surface area contributed by atoms with Crippen LogP contribution in [0.15, 0.2) is 72.8 Å². The molecule has 286 valence electrons. The maximum Gasteiger partial charge on any atom is 0.122 e. The molecule has 53 heavy (non-hydrogen) atoms. The SMILES string of the molecule is OC(COc1ccc(N(CC(O)CCOc2ccc(N(CC3CO3)CC3CO3)cc2)CC2CO2)cc1)COc1ccc(N(CC2CO2)CC2CO2)cc1. The van der Waals surface area contributed by atoms with E-state index in [2.05, 4.69) is 26.8 Å². The lowest BCUT2D eigenvalue weighted by Crippen LogP contribution is -2.36. The fourth-order valence-electron chi connectivity index (χ4n) is 6.30. The summed E-state index contributed by atoms with van der Waals surface area (Å²) < 4.78 is 45.0. The van der Waals surface area contributed by atoms with Gasteiger partial charge in [-0.2, -0.15) is 0 Å². The van der Waals surface area contributed by atoms with Crippen LogP contribution in [0, 0.1) is 0 Å². The molecule has 5 aliphatic rings. The Balaban J connectivity index is 0.753. The average molecular weight is 734 g/mol. The molecule has 3 aromatic carbocycles. The van der Waals surface area contributed by atoms with Crippen LogP contribution in [-0.4, -0.2) is 145 Å². The summed E-state index contributed by atoms with van der Waals surface area (Å²) in [7, 11) is 0. The molecular formula is C40H51N3O10. The van der Waals surface area contributed by atoms with Crippen molar-refractivity contribution in [1.82, 2.24) is 0 Å². The topological polar surface area (TPSA) is 141 Å². The van der Waals surface area contributed by atoms with Gasteiger partial charge in [-0.05, 0) is 72.8 Å². The molecule has 0 bridgehead atoms. The second-order valence-electron chi connectivity index (χ2n) is 14.5. The highest BCUT2D eigenvalue weighted by atomic mass is 16.6. The van der Waals surface area contributed by atoms with Crippen LogP contribution in [0.5, 0.6) is 17.2 Å². The highest BCUT2D eigenvalue weighted by molar-refractivity contribution is 5.51. The van der Waals surface area contributed by atoms with E-state index in [-0.39, 0.29) is 19.3 Å². The number of aliphatic hydroxyl groups is 2. The molecule has 0 aliphatic carbocycles. The summed E-state index contributed by atoms with van der Waals surface area (Å²) in [5, 5.41) is 21.5. The molecule has 0 amide bonds. The molecule has 13 nitrogen and oxygen atoms in total. The third-order valence-electron chi connectivity index (χ3n) is 9.77. The van der Waals surface area contributed by atoms with E-state index in [9.17, 15) is 10.2 Å². The van der Waals surface area contributed by atoms with E-state index in [1.54, 1.807) is 0 Å². The zero-order chi connectivity index (χ0) is 36.0. The molecule has 0 spiro atoms. The quantitative estimate of drug-likeness (QED) is 0.124. The van der Waals surface area contributed by atoms with Gasteiger partial charge in [0.1, 0.15) is 36.6 Å². The number of anilines is 3. The largest absolute Gasteiger partial charge is 0.493 e. The molecule has 3 aromatic rings. The van der Waals surface area contributed by atoms with Crippen LogP contribution < -0.4 is 28.9 Å². The number of rotatable bonds is 25. The molecule has 7 atom stereocenters. The maximum absolute atomic E-state index is 11.0. The van der Waals surface area contributed by atoms with Gasteiger partial charge in [0.25, 0.3) is 0 Å². The molecule has 5 fully saturated rings. The van der Waals surface area contributed by atoms with Gasteiger partial charge in [-0.3, -0.25) is 0 Å². The smallest absolute Gasteiger partial charge is 0.122 e. The Hall–Kier alpha value is -3.82. The van der Waals surface area contributed by atoms with Crippen molar-refractivity contribution in [3.63, 3.8) is 0 Å². The van der Waals surface area contributed by atoms with Gasteiger partial charge < -0.3 is 62.8 Å². The van der Waals surface area contributed by atoms with Crippen LogP contribution in [0.3, 0.4) is 0 Å². The van der Waals surface area contributed by atoms with Gasteiger partial charge >= 0.3 is 0 Å². The number of nitrogens with zero attached hydrogens (tertiary/aromatic N) is 3. The van der Waals surface area contributed by atoms with Crippen molar-refractivity contribution in [3.8, 4) is 17.2 Å². The van der Waals surface area contributed by atoms with E-state index in [1.165, 1.54) is 0 Å². The highest BCUT2D eigenvalue weighted by Gasteiger charge is 2.32. The van der Waals surface area contributed by atoms with Crippen LogP contribution in [0.2, 0.25) is 0 Å². The number of benzene rings is 3. The van der Waals surface area contributed by atoms with Crippen LogP contribution >= 0.6 is 0 Å². The van der Waals surface area contributed by atoms with Gasteiger partial charge in [-0.1, -0.05) is 0 Å². The summed E-state index contributed by atoms with van der Waals surface area (Å²) in [6, 6.07) is 23.7. The standard InChI is InChI=1S/C40H51N3O10/c44-31(13-14-46-33-7-1-29(2-8-33)42(17-37-24-50-37)18-38-25-51-38)15-41(16-36-23-49-36)28-3-9-34(10-4-28)47-21-32(45)22-48-35-11-5-30(6-12-35)43(19-39-26-52-39)20-40-27-53-40/h1-12,31-32,36-40,44-45H,13-27H2.